The van der Waals surface area contributed by atoms with Crippen molar-refractivity contribution in [3.8, 4) is 11.3 Å². The Morgan fingerprint density at radius 2 is 1.96 bits per heavy atom. The fourth-order valence-electron chi connectivity index (χ4n) is 4.21. The largest absolute Gasteiger partial charge is 0.336 e. The number of carbonyl (C=O) groups is 1. The van der Waals surface area contributed by atoms with Crippen LogP contribution >= 0.6 is 0 Å². The van der Waals surface area contributed by atoms with Gasteiger partial charge in [0.1, 0.15) is 0 Å². The maximum absolute atomic E-state index is 12.9. The number of hydrogen-bond acceptors (Lipinski definition) is 3. The van der Waals surface area contributed by atoms with Crippen LogP contribution in [0.5, 0.6) is 0 Å². The minimum Gasteiger partial charge on any atom is -0.336 e. The highest BCUT2D eigenvalue weighted by Gasteiger charge is 2.43. The lowest BCUT2D eigenvalue weighted by molar-refractivity contribution is -0.141. The van der Waals surface area contributed by atoms with Gasteiger partial charge in [0.25, 0.3) is 0 Å². The summed E-state index contributed by atoms with van der Waals surface area (Å²) < 4.78 is 0. The van der Waals surface area contributed by atoms with Gasteiger partial charge in [-0.15, -0.1) is 0 Å². The molecular weight excluding hydrogens is 324 g/mol. The number of aromatic nitrogens is 2. The van der Waals surface area contributed by atoms with Crippen LogP contribution in [0.25, 0.3) is 22.0 Å². The Morgan fingerprint density at radius 1 is 1.15 bits per heavy atom. The summed E-state index contributed by atoms with van der Waals surface area (Å²) in [4.78, 5) is 14.8. The van der Waals surface area contributed by atoms with Crippen molar-refractivity contribution in [2.75, 3.05) is 6.54 Å². The molecule has 0 atom stereocenters. The zero-order valence-corrected chi connectivity index (χ0v) is 14.7. The van der Waals surface area contributed by atoms with Gasteiger partial charge in [-0.2, -0.15) is 5.10 Å². The van der Waals surface area contributed by atoms with Crippen molar-refractivity contribution < 1.29 is 4.79 Å². The second kappa shape index (κ2) is 5.68. The Morgan fingerprint density at radius 3 is 2.77 bits per heavy atom. The van der Waals surface area contributed by atoms with Gasteiger partial charge in [-0.3, -0.25) is 9.89 Å². The first kappa shape index (κ1) is 15.6. The van der Waals surface area contributed by atoms with E-state index < -0.39 is 5.54 Å². The predicted molar refractivity (Wildman–Crippen MR) is 101 cm³/mol. The maximum atomic E-state index is 12.9. The molecule has 26 heavy (non-hydrogen) atoms. The Bertz CT molecular complexity index is 997. The van der Waals surface area contributed by atoms with Crippen LogP contribution < -0.4 is 5.73 Å². The third-order valence-electron chi connectivity index (χ3n) is 5.94. The van der Waals surface area contributed by atoms with Gasteiger partial charge < -0.3 is 10.6 Å². The van der Waals surface area contributed by atoms with Crippen LogP contribution in [0.4, 0.5) is 0 Å². The standard InChI is InChI=1S/C21H22N4O/c22-21(10-4-11-21)20(26)25-12-9-18-17(13-25)19(24-23-18)16-8-3-6-14-5-1-2-7-15(14)16/h1-3,5-8H,4,9-13,22H2,(H,23,24). The number of fused-ring (bicyclic) bond motifs is 2. The Kier molecular flexibility index (Phi) is 3.40. The van der Waals surface area contributed by atoms with Gasteiger partial charge in [-0.05, 0) is 30.0 Å². The molecule has 5 rings (SSSR count). The number of carbonyl (C=O) groups excluding carboxylic acids is 1. The minimum absolute atomic E-state index is 0.0967. The van der Waals surface area contributed by atoms with Gasteiger partial charge in [0.2, 0.25) is 5.91 Å². The molecule has 0 radical (unpaired) electrons. The number of rotatable bonds is 2. The molecule has 1 aliphatic carbocycles. The molecule has 0 unspecified atom stereocenters. The predicted octanol–water partition coefficient (Wildman–Crippen LogP) is 3.00. The van der Waals surface area contributed by atoms with Gasteiger partial charge in [0.15, 0.2) is 0 Å². The van der Waals surface area contributed by atoms with Gasteiger partial charge >= 0.3 is 0 Å². The summed E-state index contributed by atoms with van der Waals surface area (Å²) in [7, 11) is 0. The van der Waals surface area contributed by atoms with Crippen LogP contribution in [0, 0.1) is 0 Å². The van der Waals surface area contributed by atoms with Crippen molar-refractivity contribution in [3.05, 3.63) is 53.7 Å². The molecule has 5 nitrogen and oxygen atoms in total. The van der Waals surface area contributed by atoms with E-state index in [2.05, 4.69) is 46.6 Å². The highest BCUT2D eigenvalue weighted by Crippen LogP contribution is 2.36. The lowest BCUT2D eigenvalue weighted by Crippen LogP contribution is -2.60. The van der Waals surface area contributed by atoms with E-state index in [0.29, 0.717) is 13.1 Å². The summed E-state index contributed by atoms with van der Waals surface area (Å²) in [6, 6.07) is 14.6. The summed E-state index contributed by atoms with van der Waals surface area (Å²) in [6.45, 7) is 1.30. The van der Waals surface area contributed by atoms with E-state index in [1.807, 2.05) is 11.0 Å². The van der Waals surface area contributed by atoms with E-state index in [-0.39, 0.29) is 5.91 Å². The number of aromatic amines is 1. The van der Waals surface area contributed by atoms with Crippen molar-refractivity contribution in [1.29, 1.82) is 0 Å². The molecule has 5 heteroatoms. The maximum Gasteiger partial charge on any atom is 0.242 e. The van der Waals surface area contributed by atoms with E-state index in [1.165, 1.54) is 10.8 Å². The van der Waals surface area contributed by atoms with Crippen LogP contribution in [0.1, 0.15) is 30.5 Å². The van der Waals surface area contributed by atoms with Crippen LogP contribution in [-0.2, 0) is 17.8 Å². The van der Waals surface area contributed by atoms with Crippen molar-refractivity contribution in [3.63, 3.8) is 0 Å². The smallest absolute Gasteiger partial charge is 0.242 e. The van der Waals surface area contributed by atoms with Crippen molar-refractivity contribution >= 4 is 16.7 Å². The monoisotopic (exact) mass is 346 g/mol. The van der Waals surface area contributed by atoms with E-state index in [1.54, 1.807) is 0 Å². The van der Waals surface area contributed by atoms with Crippen molar-refractivity contribution in [1.82, 2.24) is 15.1 Å². The fraction of sp³-hybridized carbons (Fsp3) is 0.333. The Balaban J connectivity index is 1.54. The molecule has 132 valence electrons. The van der Waals surface area contributed by atoms with E-state index in [4.69, 9.17) is 5.73 Å². The average Bonchev–Trinajstić information content (AvgIpc) is 3.08. The lowest BCUT2D eigenvalue weighted by Gasteiger charge is -2.41. The van der Waals surface area contributed by atoms with Gasteiger partial charge in [-0.1, -0.05) is 42.5 Å². The van der Waals surface area contributed by atoms with Crippen molar-refractivity contribution in [2.24, 2.45) is 5.73 Å². The summed E-state index contributed by atoms with van der Waals surface area (Å²) >= 11 is 0. The summed E-state index contributed by atoms with van der Waals surface area (Å²) in [5.74, 6) is 0.0967. The van der Waals surface area contributed by atoms with E-state index in [9.17, 15) is 4.79 Å². The molecule has 2 aliphatic rings. The molecule has 1 aromatic heterocycles. The van der Waals surface area contributed by atoms with Crippen LogP contribution in [-0.4, -0.2) is 33.1 Å². The van der Waals surface area contributed by atoms with Crippen LogP contribution in [0.3, 0.4) is 0 Å². The van der Waals surface area contributed by atoms with Crippen LogP contribution in [0.15, 0.2) is 42.5 Å². The molecule has 1 amide bonds. The molecule has 1 saturated carbocycles. The average molecular weight is 346 g/mol. The Labute approximate surface area is 152 Å². The van der Waals surface area contributed by atoms with E-state index in [0.717, 1.165) is 48.2 Å². The summed E-state index contributed by atoms with van der Waals surface area (Å²) in [5.41, 5.74) is 9.97. The quantitative estimate of drug-likeness (QED) is 0.749. The molecule has 0 spiro atoms. The molecule has 1 fully saturated rings. The third kappa shape index (κ3) is 2.27. The minimum atomic E-state index is -0.638. The molecule has 0 bridgehead atoms. The molecule has 1 aliphatic heterocycles. The van der Waals surface area contributed by atoms with Crippen LogP contribution in [0.2, 0.25) is 0 Å². The normalized spacial score (nSPS) is 18.4. The second-order valence-corrected chi connectivity index (χ2v) is 7.54. The number of amides is 1. The second-order valence-electron chi connectivity index (χ2n) is 7.54. The molecule has 3 aromatic rings. The topological polar surface area (TPSA) is 75.0 Å². The number of hydrogen-bond donors (Lipinski definition) is 2. The molecular formula is C21H22N4O. The summed E-state index contributed by atoms with van der Waals surface area (Å²) in [5, 5.41) is 10.2. The highest BCUT2D eigenvalue weighted by molar-refractivity contribution is 5.96. The summed E-state index contributed by atoms with van der Waals surface area (Å²) in [6.07, 6.45) is 3.46. The number of benzene rings is 2. The van der Waals surface area contributed by atoms with Gasteiger partial charge in [-0.25, -0.2) is 0 Å². The van der Waals surface area contributed by atoms with Gasteiger partial charge in [0, 0.05) is 36.3 Å². The third-order valence-corrected chi connectivity index (χ3v) is 5.94. The zero-order valence-electron chi connectivity index (χ0n) is 14.7. The first-order chi connectivity index (χ1) is 12.7. The first-order valence-electron chi connectivity index (χ1n) is 9.28. The molecule has 3 N–H and O–H groups in total. The molecule has 2 heterocycles. The number of nitrogens with zero attached hydrogens (tertiary/aromatic N) is 2. The molecule has 2 aromatic carbocycles. The number of nitrogens with two attached hydrogens (primary N) is 1. The zero-order chi connectivity index (χ0) is 17.7. The SMILES string of the molecule is NC1(C(=O)N2CCc3[nH]nc(-c4cccc5ccccc45)c3C2)CCC1. The van der Waals surface area contributed by atoms with E-state index >= 15 is 0 Å². The fourth-order valence-corrected chi connectivity index (χ4v) is 4.21. The van der Waals surface area contributed by atoms with Crippen molar-refractivity contribution in [2.45, 2.75) is 37.8 Å². The number of nitrogens with one attached hydrogen (secondary N) is 1. The Hall–Kier alpha value is -2.66. The number of H-pyrrole nitrogens is 1. The highest BCUT2D eigenvalue weighted by atomic mass is 16.2. The molecule has 0 saturated heterocycles. The first-order valence-corrected chi connectivity index (χ1v) is 9.28. The lowest BCUT2D eigenvalue weighted by atomic mass is 9.76. The van der Waals surface area contributed by atoms with Gasteiger partial charge in [0.05, 0.1) is 11.2 Å².